The molecular weight excluding hydrogens is 172 g/mol. The number of nitrogens with zero attached hydrogens (tertiary/aromatic N) is 1. The van der Waals surface area contributed by atoms with Gasteiger partial charge in [-0.3, -0.25) is 4.90 Å². The lowest BCUT2D eigenvalue weighted by atomic mass is 9.92. The number of fused-ring (bicyclic) bond motifs is 1. The molecule has 0 saturated carbocycles. The molecule has 1 aromatic heterocycles. The van der Waals surface area contributed by atoms with Gasteiger partial charge in [-0.25, -0.2) is 0 Å². The predicted molar refractivity (Wildman–Crippen MR) is 59.4 cm³/mol. The van der Waals surface area contributed by atoms with Crippen LogP contribution in [0.25, 0.3) is 0 Å². The van der Waals surface area contributed by atoms with Crippen molar-refractivity contribution in [3.63, 3.8) is 0 Å². The zero-order valence-electron chi connectivity index (χ0n) is 9.38. The van der Waals surface area contributed by atoms with Crippen molar-refractivity contribution in [2.24, 2.45) is 0 Å². The highest BCUT2D eigenvalue weighted by atomic mass is 15.2. The van der Waals surface area contributed by atoms with E-state index in [4.69, 9.17) is 0 Å². The van der Waals surface area contributed by atoms with Gasteiger partial charge in [0.05, 0.1) is 0 Å². The van der Waals surface area contributed by atoms with Crippen molar-refractivity contribution in [2.45, 2.75) is 45.7 Å². The van der Waals surface area contributed by atoms with Crippen molar-refractivity contribution in [2.75, 3.05) is 6.54 Å². The molecule has 2 rings (SSSR count). The van der Waals surface area contributed by atoms with Crippen LogP contribution in [0, 0.1) is 0 Å². The van der Waals surface area contributed by atoms with Crippen LogP contribution in [0.2, 0.25) is 0 Å². The number of aromatic nitrogens is 1. The second-order valence-corrected chi connectivity index (χ2v) is 4.22. The van der Waals surface area contributed by atoms with E-state index in [1.807, 2.05) is 0 Å². The molecule has 14 heavy (non-hydrogen) atoms. The van der Waals surface area contributed by atoms with E-state index in [2.05, 4.69) is 42.9 Å². The van der Waals surface area contributed by atoms with E-state index < -0.39 is 0 Å². The van der Waals surface area contributed by atoms with Crippen molar-refractivity contribution in [1.29, 1.82) is 0 Å². The van der Waals surface area contributed by atoms with Crippen LogP contribution >= 0.6 is 0 Å². The number of hydrogen-bond donors (Lipinski definition) is 1. The van der Waals surface area contributed by atoms with E-state index in [9.17, 15) is 0 Å². The number of rotatable bonds is 2. The molecule has 0 spiro atoms. The minimum absolute atomic E-state index is 0.630. The molecule has 2 atom stereocenters. The first-order chi connectivity index (χ1) is 6.77. The number of hydrogen-bond acceptors (Lipinski definition) is 1. The van der Waals surface area contributed by atoms with E-state index in [1.165, 1.54) is 24.1 Å². The van der Waals surface area contributed by atoms with Crippen LogP contribution in [0.15, 0.2) is 12.3 Å². The summed E-state index contributed by atoms with van der Waals surface area (Å²) in [5.74, 6) is 0. The summed E-state index contributed by atoms with van der Waals surface area (Å²) in [5, 5.41) is 0. The first-order valence-corrected chi connectivity index (χ1v) is 5.69. The molecule has 0 radical (unpaired) electrons. The molecule has 0 saturated heterocycles. The lowest BCUT2D eigenvalue weighted by Gasteiger charge is -2.39. The van der Waals surface area contributed by atoms with Gasteiger partial charge >= 0.3 is 0 Å². The molecule has 2 heteroatoms. The summed E-state index contributed by atoms with van der Waals surface area (Å²) in [4.78, 5) is 5.98. The average Bonchev–Trinajstić information content (AvgIpc) is 2.62. The summed E-state index contributed by atoms with van der Waals surface area (Å²) in [5.41, 5.74) is 2.97. The Hall–Kier alpha value is -0.760. The topological polar surface area (TPSA) is 19.0 Å². The second-order valence-electron chi connectivity index (χ2n) is 4.22. The molecule has 1 aromatic rings. The molecule has 2 heterocycles. The van der Waals surface area contributed by atoms with Crippen LogP contribution in [0.5, 0.6) is 0 Å². The summed E-state index contributed by atoms with van der Waals surface area (Å²) in [7, 11) is 0. The molecule has 0 aromatic carbocycles. The Bertz CT molecular complexity index is 303. The molecule has 0 fully saturated rings. The highest BCUT2D eigenvalue weighted by molar-refractivity contribution is 5.28. The fourth-order valence-electron chi connectivity index (χ4n) is 2.79. The van der Waals surface area contributed by atoms with Gasteiger partial charge in [0.2, 0.25) is 0 Å². The minimum atomic E-state index is 0.630. The van der Waals surface area contributed by atoms with Crippen LogP contribution in [-0.4, -0.2) is 22.5 Å². The predicted octanol–water partition coefficient (Wildman–Crippen LogP) is 2.73. The van der Waals surface area contributed by atoms with Crippen molar-refractivity contribution in [3.05, 3.63) is 23.5 Å². The van der Waals surface area contributed by atoms with E-state index in [0.29, 0.717) is 12.1 Å². The van der Waals surface area contributed by atoms with E-state index in [1.54, 1.807) is 0 Å². The third kappa shape index (κ3) is 1.38. The van der Waals surface area contributed by atoms with Gasteiger partial charge in [0.25, 0.3) is 0 Å². The SMILES string of the molecule is CCC1c2cc[nH]c2CC(C)N1CC. The summed E-state index contributed by atoms with van der Waals surface area (Å²) < 4.78 is 0. The minimum Gasteiger partial charge on any atom is -0.365 e. The Morgan fingerprint density at radius 2 is 2.29 bits per heavy atom. The van der Waals surface area contributed by atoms with Gasteiger partial charge < -0.3 is 4.98 Å². The lowest BCUT2D eigenvalue weighted by molar-refractivity contribution is 0.131. The van der Waals surface area contributed by atoms with Crippen LogP contribution in [0.3, 0.4) is 0 Å². The Kier molecular flexibility index (Phi) is 2.64. The summed E-state index contributed by atoms with van der Waals surface area (Å²) >= 11 is 0. The Morgan fingerprint density at radius 1 is 1.50 bits per heavy atom. The smallest absolute Gasteiger partial charge is 0.0366 e. The Labute approximate surface area is 86.3 Å². The maximum atomic E-state index is 3.37. The monoisotopic (exact) mass is 192 g/mol. The van der Waals surface area contributed by atoms with Crippen LogP contribution in [0.1, 0.15) is 44.5 Å². The summed E-state index contributed by atoms with van der Waals surface area (Å²) in [6, 6.07) is 3.55. The second kappa shape index (κ2) is 3.77. The maximum absolute atomic E-state index is 3.37. The normalized spacial score (nSPS) is 27.6. The van der Waals surface area contributed by atoms with Gasteiger partial charge in [0.1, 0.15) is 0 Å². The number of nitrogens with one attached hydrogen (secondary N) is 1. The van der Waals surface area contributed by atoms with E-state index in [0.717, 1.165) is 6.54 Å². The van der Waals surface area contributed by atoms with Gasteiger partial charge in [0, 0.05) is 30.4 Å². The molecule has 78 valence electrons. The Morgan fingerprint density at radius 3 is 2.93 bits per heavy atom. The molecule has 2 unspecified atom stereocenters. The molecule has 2 nitrogen and oxygen atoms in total. The average molecular weight is 192 g/mol. The molecular formula is C12H20N2. The van der Waals surface area contributed by atoms with Gasteiger partial charge in [-0.1, -0.05) is 13.8 Å². The van der Waals surface area contributed by atoms with Gasteiger partial charge in [-0.15, -0.1) is 0 Å². The van der Waals surface area contributed by atoms with Crippen LogP contribution in [-0.2, 0) is 6.42 Å². The van der Waals surface area contributed by atoms with Crippen molar-refractivity contribution in [3.8, 4) is 0 Å². The summed E-state index contributed by atoms with van der Waals surface area (Å²) in [6.45, 7) is 8.03. The standard InChI is InChI=1S/C12H20N2/c1-4-12-10-6-7-13-11(10)8-9(3)14(12)5-2/h6-7,9,12-13H,4-5,8H2,1-3H3. The van der Waals surface area contributed by atoms with E-state index >= 15 is 0 Å². The van der Waals surface area contributed by atoms with Crippen molar-refractivity contribution >= 4 is 0 Å². The van der Waals surface area contributed by atoms with Gasteiger partial charge in [-0.2, -0.15) is 0 Å². The van der Waals surface area contributed by atoms with Crippen LogP contribution < -0.4 is 0 Å². The van der Waals surface area contributed by atoms with Crippen molar-refractivity contribution in [1.82, 2.24) is 9.88 Å². The maximum Gasteiger partial charge on any atom is 0.0366 e. The molecule has 0 bridgehead atoms. The van der Waals surface area contributed by atoms with Gasteiger partial charge in [0.15, 0.2) is 0 Å². The number of likely N-dealkylation sites (N-methyl/N-ethyl adjacent to an activating group) is 1. The van der Waals surface area contributed by atoms with Crippen LogP contribution in [0.4, 0.5) is 0 Å². The number of aromatic amines is 1. The Balaban J connectivity index is 2.35. The third-order valence-electron chi connectivity index (χ3n) is 3.45. The zero-order valence-corrected chi connectivity index (χ0v) is 9.38. The largest absolute Gasteiger partial charge is 0.365 e. The van der Waals surface area contributed by atoms with Gasteiger partial charge in [-0.05, 0) is 31.5 Å². The molecule has 0 aliphatic carbocycles. The van der Waals surface area contributed by atoms with Crippen molar-refractivity contribution < 1.29 is 0 Å². The van der Waals surface area contributed by atoms with E-state index in [-0.39, 0.29) is 0 Å². The highest BCUT2D eigenvalue weighted by Crippen LogP contribution is 2.34. The third-order valence-corrected chi connectivity index (χ3v) is 3.45. The zero-order chi connectivity index (χ0) is 10.1. The first kappa shape index (κ1) is 9.78. The fourth-order valence-corrected chi connectivity index (χ4v) is 2.79. The quantitative estimate of drug-likeness (QED) is 0.763. The molecule has 1 N–H and O–H groups in total. The first-order valence-electron chi connectivity index (χ1n) is 5.69. The lowest BCUT2D eigenvalue weighted by Crippen LogP contribution is -2.41. The number of H-pyrrole nitrogens is 1. The highest BCUT2D eigenvalue weighted by Gasteiger charge is 2.30. The molecule has 1 aliphatic heterocycles. The molecule has 0 amide bonds. The fraction of sp³-hybridized carbons (Fsp3) is 0.667. The molecule has 1 aliphatic rings. The summed E-state index contributed by atoms with van der Waals surface area (Å²) in [6.07, 6.45) is 4.47.